The molecule has 0 saturated heterocycles. The number of nitrogens with two attached hydrogens (primary N) is 1. The molecule has 2 N–H and O–H groups in total. The normalized spacial score (nSPS) is 18.1. The van der Waals surface area contributed by atoms with E-state index >= 15 is 0 Å². The Kier molecular flexibility index (Phi) is 4.76. The van der Waals surface area contributed by atoms with Crippen LogP contribution < -0.4 is 10.6 Å². The van der Waals surface area contributed by atoms with Crippen LogP contribution in [0.2, 0.25) is 0 Å². The molecule has 1 aromatic heterocycles. The monoisotopic (exact) mass is 342 g/mol. The van der Waals surface area contributed by atoms with Crippen molar-refractivity contribution in [3.63, 3.8) is 0 Å². The molecule has 0 fully saturated rings. The number of hydrogen-bond donors (Lipinski definition) is 1. The average Bonchev–Trinajstić information content (AvgIpc) is 2.53. The number of amides is 1. The molecule has 126 valence electrons. The van der Waals surface area contributed by atoms with Gasteiger partial charge in [-0.05, 0) is 45.2 Å². The molecule has 24 heavy (non-hydrogen) atoms. The Morgan fingerprint density at radius 1 is 1.38 bits per heavy atom. The summed E-state index contributed by atoms with van der Waals surface area (Å²) in [6.07, 6.45) is 1.99. The molecule has 5 nitrogen and oxygen atoms in total. The van der Waals surface area contributed by atoms with Crippen molar-refractivity contribution in [2.75, 3.05) is 10.6 Å². The molecular weight excluding hydrogens is 320 g/mol. The molecule has 0 saturated carbocycles. The van der Waals surface area contributed by atoms with E-state index in [1.54, 1.807) is 6.07 Å². The highest BCUT2D eigenvalue weighted by molar-refractivity contribution is 8.00. The minimum atomic E-state index is -0.278. The molecule has 0 spiro atoms. The number of rotatable bonds is 3. The van der Waals surface area contributed by atoms with E-state index < -0.39 is 0 Å². The van der Waals surface area contributed by atoms with Gasteiger partial charge in [0.2, 0.25) is 5.91 Å². The van der Waals surface area contributed by atoms with Crippen molar-refractivity contribution in [3.8, 4) is 0 Å². The molecule has 2 unspecified atom stereocenters. The maximum absolute atomic E-state index is 13.1. The SMILES string of the molecule is Cc1cc(N)nc(SC(C)C(=O)N2c3ccccc3CCC2C)n1. The van der Waals surface area contributed by atoms with Gasteiger partial charge in [-0.1, -0.05) is 30.0 Å². The highest BCUT2D eigenvalue weighted by Crippen LogP contribution is 2.33. The number of aromatic nitrogens is 2. The highest BCUT2D eigenvalue weighted by Gasteiger charge is 2.31. The largest absolute Gasteiger partial charge is 0.384 e. The molecule has 0 radical (unpaired) electrons. The molecule has 1 aliphatic rings. The molecule has 0 bridgehead atoms. The van der Waals surface area contributed by atoms with Gasteiger partial charge in [-0.3, -0.25) is 4.79 Å². The van der Waals surface area contributed by atoms with Crippen LogP contribution in [0.1, 0.15) is 31.5 Å². The summed E-state index contributed by atoms with van der Waals surface area (Å²) in [7, 11) is 0. The first-order chi connectivity index (χ1) is 11.5. The second kappa shape index (κ2) is 6.81. The van der Waals surface area contributed by atoms with Crippen molar-refractivity contribution in [1.82, 2.24) is 9.97 Å². The summed E-state index contributed by atoms with van der Waals surface area (Å²) >= 11 is 1.36. The standard InChI is InChI=1S/C18H22N4OS/c1-11-10-16(19)21-18(20-11)24-13(3)17(23)22-12(2)8-9-14-6-4-5-7-15(14)22/h4-7,10,12-13H,8-9H2,1-3H3,(H2,19,20,21). The summed E-state index contributed by atoms with van der Waals surface area (Å²) in [5.74, 6) is 0.518. The van der Waals surface area contributed by atoms with Gasteiger partial charge in [0, 0.05) is 23.5 Å². The van der Waals surface area contributed by atoms with Crippen LogP contribution in [0.25, 0.3) is 0 Å². The van der Waals surface area contributed by atoms with Gasteiger partial charge in [0.15, 0.2) is 5.16 Å². The van der Waals surface area contributed by atoms with Crippen LogP contribution in [0.4, 0.5) is 11.5 Å². The predicted molar refractivity (Wildman–Crippen MR) is 98.2 cm³/mol. The molecule has 0 aliphatic carbocycles. The Morgan fingerprint density at radius 3 is 2.88 bits per heavy atom. The third-order valence-electron chi connectivity index (χ3n) is 4.24. The summed E-state index contributed by atoms with van der Waals surface area (Å²) in [4.78, 5) is 23.6. The first kappa shape index (κ1) is 16.8. The van der Waals surface area contributed by atoms with Gasteiger partial charge in [0.1, 0.15) is 5.82 Å². The van der Waals surface area contributed by atoms with Crippen molar-refractivity contribution in [3.05, 3.63) is 41.6 Å². The Hall–Kier alpha value is -2.08. The summed E-state index contributed by atoms with van der Waals surface area (Å²) in [5, 5.41) is 0.270. The third-order valence-corrected chi connectivity index (χ3v) is 5.19. The Morgan fingerprint density at radius 2 is 2.12 bits per heavy atom. The molecule has 1 aliphatic heterocycles. The second-order valence-electron chi connectivity index (χ2n) is 6.20. The van der Waals surface area contributed by atoms with Crippen LogP contribution in [-0.2, 0) is 11.2 Å². The minimum absolute atomic E-state index is 0.0864. The van der Waals surface area contributed by atoms with Crippen LogP contribution in [0.5, 0.6) is 0 Å². The van der Waals surface area contributed by atoms with Gasteiger partial charge in [-0.2, -0.15) is 0 Å². The maximum Gasteiger partial charge on any atom is 0.240 e. The number of anilines is 2. The molecule has 2 atom stereocenters. The van der Waals surface area contributed by atoms with Crippen molar-refractivity contribution >= 4 is 29.2 Å². The number of carbonyl (C=O) groups excluding carboxylic acids is 1. The van der Waals surface area contributed by atoms with Crippen molar-refractivity contribution in [1.29, 1.82) is 0 Å². The van der Waals surface area contributed by atoms with E-state index in [0.29, 0.717) is 11.0 Å². The van der Waals surface area contributed by atoms with E-state index in [4.69, 9.17) is 5.73 Å². The molecule has 1 aromatic carbocycles. The first-order valence-electron chi connectivity index (χ1n) is 8.14. The quantitative estimate of drug-likeness (QED) is 0.685. The molecule has 6 heteroatoms. The number of benzene rings is 1. The fraction of sp³-hybridized carbons (Fsp3) is 0.389. The van der Waals surface area contributed by atoms with Crippen molar-refractivity contribution in [2.24, 2.45) is 0 Å². The lowest BCUT2D eigenvalue weighted by molar-refractivity contribution is -0.118. The molecule has 2 heterocycles. The van der Waals surface area contributed by atoms with E-state index in [1.165, 1.54) is 17.3 Å². The number of thioether (sulfide) groups is 1. The van der Waals surface area contributed by atoms with E-state index in [1.807, 2.05) is 36.9 Å². The summed E-state index contributed by atoms with van der Waals surface area (Å²) in [6, 6.07) is 10.1. The van der Waals surface area contributed by atoms with Gasteiger partial charge in [-0.25, -0.2) is 9.97 Å². The number of fused-ring (bicyclic) bond motifs is 1. The summed E-state index contributed by atoms with van der Waals surface area (Å²) in [5.41, 5.74) is 8.85. The topological polar surface area (TPSA) is 72.1 Å². The number of carbonyl (C=O) groups is 1. The summed E-state index contributed by atoms with van der Waals surface area (Å²) in [6.45, 7) is 5.88. The van der Waals surface area contributed by atoms with Gasteiger partial charge in [-0.15, -0.1) is 0 Å². The predicted octanol–water partition coefficient (Wildman–Crippen LogP) is 3.22. The summed E-state index contributed by atoms with van der Waals surface area (Å²) < 4.78 is 0. The zero-order chi connectivity index (χ0) is 17.3. The van der Waals surface area contributed by atoms with Gasteiger partial charge < -0.3 is 10.6 Å². The van der Waals surface area contributed by atoms with Crippen molar-refractivity contribution < 1.29 is 4.79 Å². The van der Waals surface area contributed by atoms with Crippen LogP contribution >= 0.6 is 11.8 Å². The fourth-order valence-electron chi connectivity index (χ4n) is 3.05. The smallest absolute Gasteiger partial charge is 0.240 e. The second-order valence-corrected chi connectivity index (χ2v) is 7.51. The molecule has 1 amide bonds. The maximum atomic E-state index is 13.1. The van der Waals surface area contributed by atoms with Gasteiger partial charge in [0.05, 0.1) is 5.25 Å². The lowest BCUT2D eigenvalue weighted by Crippen LogP contribution is -2.45. The average molecular weight is 342 g/mol. The fourth-order valence-corrected chi connectivity index (χ4v) is 3.93. The zero-order valence-electron chi connectivity index (χ0n) is 14.2. The molecular formula is C18H22N4OS. The number of para-hydroxylation sites is 1. The number of nitrogen functional groups attached to an aromatic ring is 1. The van der Waals surface area contributed by atoms with Crippen LogP contribution in [0, 0.1) is 6.92 Å². The van der Waals surface area contributed by atoms with Crippen LogP contribution in [0.3, 0.4) is 0 Å². The van der Waals surface area contributed by atoms with Crippen molar-refractivity contribution in [2.45, 2.75) is 50.1 Å². The lowest BCUT2D eigenvalue weighted by atomic mass is 9.96. The molecule has 3 rings (SSSR count). The number of aryl methyl sites for hydroxylation is 2. The minimum Gasteiger partial charge on any atom is -0.384 e. The van der Waals surface area contributed by atoms with Gasteiger partial charge in [0.25, 0.3) is 0 Å². The van der Waals surface area contributed by atoms with Crippen LogP contribution in [0.15, 0.2) is 35.5 Å². The Labute approximate surface area is 146 Å². The first-order valence-corrected chi connectivity index (χ1v) is 9.02. The van der Waals surface area contributed by atoms with Gasteiger partial charge >= 0.3 is 0 Å². The Bertz CT molecular complexity index is 744. The Balaban J connectivity index is 1.83. The number of nitrogens with zero attached hydrogens (tertiary/aromatic N) is 3. The van der Waals surface area contributed by atoms with E-state index in [2.05, 4.69) is 23.0 Å². The lowest BCUT2D eigenvalue weighted by Gasteiger charge is -2.36. The van der Waals surface area contributed by atoms with E-state index in [9.17, 15) is 4.79 Å². The van der Waals surface area contributed by atoms with E-state index in [0.717, 1.165) is 24.2 Å². The van der Waals surface area contributed by atoms with Crippen LogP contribution in [-0.4, -0.2) is 27.2 Å². The highest BCUT2D eigenvalue weighted by atomic mass is 32.2. The third kappa shape index (κ3) is 3.38. The molecule has 2 aromatic rings. The van der Waals surface area contributed by atoms with E-state index in [-0.39, 0.29) is 17.2 Å². The zero-order valence-corrected chi connectivity index (χ0v) is 15.0. The number of hydrogen-bond acceptors (Lipinski definition) is 5.